The van der Waals surface area contributed by atoms with Crippen LogP contribution in [0.25, 0.3) is 0 Å². The maximum atomic E-state index is 12.6. The predicted molar refractivity (Wildman–Crippen MR) is 122 cm³/mol. The first-order chi connectivity index (χ1) is 15.1. The molecule has 2 rings (SSSR count). The lowest BCUT2D eigenvalue weighted by atomic mass is 10.1. The van der Waals surface area contributed by atoms with Crippen molar-refractivity contribution in [3.63, 3.8) is 0 Å². The molecule has 0 fully saturated rings. The summed E-state index contributed by atoms with van der Waals surface area (Å²) in [6.45, 7) is 1.09. The number of nitrogens with one attached hydrogen (secondary N) is 1. The highest BCUT2D eigenvalue weighted by molar-refractivity contribution is 7.98. The van der Waals surface area contributed by atoms with E-state index in [-0.39, 0.29) is 12.2 Å². The Morgan fingerprint density at radius 3 is 2.50 bits per heavy atom. The molecule has 1 aromatic carbocycles. The number of thioether (sulfide) groups is 1. The predicted octanol–water partition coefficient (Wildman–Crippen LogP) is 0.252. The Bertz CT molecular complexity index is 1150. The number of amides is 1. The normalized spacial score (nSPS) is 11.6. The highest BCUT2D eigenvalue weighted by Gasteiger charge is 2.26. The van der Waals surface area contributed by atoms with Crippen molar-refractivity contribution in [2.45, 2.75) is 19.4 Å². The number of nitrogen functional groups attached to an aromatic ring is 1. The SMILES string of the molecule is CSCC[C@H](NC(=O)c1cccc(C)c1)C(=O)OCC(=O)c1c(N)n(C)c(=O)n(C)c1=O. The van der Waals surface area contributed by atoms with E-state index in [1.165, 1.54) is 25.9 Å². The van der Waals surface area contributed by atoms with Crippen LogP contribution < -0.4 is 22.3 Å². The van der Waals surface area contributed by atoms with Gasteiger partial charge in [-0.25, -0.2) is 9.59 Å². The van der Waals surface area contributed by atoms with Crippen LogP contribution in [0.15, 0.2) is 33.9 Å². The highest BCUT2D eigenvalue weighted by atomic mass is 32.2. The smallest absolute Gasteiger partial charge is 0.332 e. The van der Waals surface area contributed by atoms with Crippen LogP contribution >= 0.6 is 11.8 Å². The zero-order valence-electron chi connectivity index (χ0n) is 18.3. The highest BCUT2D eigenvalue weighted by Crippen LogP contribution is 2.09. The molecule has 1 amide bonds. The lowest BCUT2D eigenvalue weighted by molar-refractivity contribution is -0.144. The summed E-state index contributed by atoms with van der Waals surface area (Å²) in [7, 11) is 2.53. The molecule has 3 N–H and O–H groups in total. The van der Waals surface area contributed by atoms with E-state index in [1.807, 2.05) is 19.2 Å². The van der Waals surface area contributed by atoms with Gasteiger partial charge in [0.05, 0.1) is 0 Å². The fourth-order valence-electron chi connectivity index (χ4n) is 2.94. The molecule has 0 spiro atoms. The van der Waals surface area contributed by atoms with Crippen molar-refractivity contribution in [2.75, 3.05) is 24.3 Å². The fraction of sp³-hybridized carbons (Fsp3) is 0.381. The zero-order valence-corrected chi connectivity index (χ0v) is 19.2. The second-order valence-corrected chi connectivity index (χ2v) is 8.16. The van der Waals surface area contributed by atoms with Gasteiger partial charge in [0.25, 0.3) is 11.5 Å². The molecule has 0 aliphatic heterocycles. The number of carbonyl (C=O) groups excluding carboxylic acids is 3. The summed E-state index contributed by atoms with van der Waals surface area (Å²) in [5.74, 6) is -1.85. The van der Waals surface area contributed by atoms with Crippen molar-refractivity contribution in [2.24, 2.45) is 14.1 Å². The lowest BCUT2D eigenvalue weighted by Gasteiger charge is -2.17. The van der Waals surface area contributed by atoms with Gasteiger partial charge in [0.1, 0.15) is 17.4 Å². The van der Waals surface area contributed by atoms with E-state index >= 15 is 0 Å². The third kappa shape index (κ3) is 5.67. The van der Waals surface area contributed by atoms with Gasteiger partial charge in [0, 0.05) is 19.7 Å². The number of aryl methyl sites for hydroxylation is 1. The molecule has 0 unspecified atom stereocenters. The number of nitrogens with two attached hydrogens (primary N) is 1. The van der Waals surface area contributed by atoms with E-state index in [4.69, 9.17) is 10.5 Å². The molecule has 0 aliphatic carbocycles. The second-order valence-electron chi connectivity index (χ2n) is 7.17. The molecular formula is C21H26N4O6S. The summed E-state index contributed by atoms with van der Waals surface area (Å²) >= 11 is 1.48. The number of rotatable bonds is 9. The summed E-state index contributed by atoms with van der Waals surface area (Å²) in [4.78, 5) is 61.9. The molecule has 0 saturated heterocycles. The summed E-state index contributed by atoms with van der Waals surface area (Å²) in [6.07, 6.45) is 2.14. The molecule has 10 nitrogen and oxygen atoms in total. The summed E-state index contributed by atoms with van der Waals surface area (Å²) in [5.41, 5.74) is 5.04. The van der Waals surface area contributed by atoms with Crippen molar-refractivity contribution in [3.05, 3.63) is 61.8 Å². The molecule has 0 saturated carbocycles. The first-order valence-electron chi connectivity index (χ1n) is 9.70. The monoisotopic (exact) mass is 462 g/mol. The van der Waals surface area contributed by atoms with Gasteiger partial charge >= 0.3 is 11.7 Å². The number of nitrogens with zero attached hydrogens (tertiary/aromatic N) is 2. The maximum absolute atomic E-state index is 12.6. The molecule has 0 radical (unpaired) electrons. The van der Waals surface area contributed by atoms with Crippen molar-refractivity contribution >= 4 is 35.2 Å². The minimum absolute atomic E-state index is 0.287. The Labute approximate surface area is 188 Å². The van der Waals surface area contributed by atoms with Gasteiger partial charge in [-0.2, -0.15) is 11.8 Å². The zero-order chi connectivity index (χ0) is 24.0. The number of anilines is 1. The van der Waals surface area contributed by atoms with E-state index in [1.54, 1.807) is 18.2 Å². The first kappa shape index (κ1) is 24.9. The topological polar surface area (TPSA) is 142 Å². The Hall–Kier alpha value is -3.34. The molecular weight excluding hydrogens is 436 g/mol. The molecule has 172 valence electrons. The maximum Gasteiger partial charge on any atom is 0.332 e. The second kappa shape index (κ2) is 10.8. The van der Waals surface area contributed by atoms with Gasteiger partial charge in [0.15, 0.2) is 6.61 Å². The van der Waals surface area contributed by atoms with E-state index < -0.39 is 47.1 Å². The van der Waals surface area contributed by atoms with Crippen molar-refractivity contribution in [1.82, 2.24) is 14.5 Å². The van der Waals surface area contributed by atoms with Gasteiger partial charge < -0.3 is 15.8 Å². The Morgan fingerprint density at radius 1 is 1.19 bits per heavy atom. The van der Waals surface area contributed by atoms with Gasteiger partial charge in [0.2, 0.25) is 5.78 Å². The number of ketones is 1. The van der Waals surface area contributed by atoms with Gasteiger partial charge in [-0.1, -0.05) is 17.7 Å². The van der Waals surface area contributed by atoms with E-state index in [9.17, 15) is 24.0 Å². The number of aromatic nitrogens is 2. The molecule has 1 atom stereocenters. The van der Waals surface area contributed by atoms with Crippen molar-refractivity contribution < 1.29 is 19.1 Å². The van der Waals surface area contributed by atoms with Crippen LogP contribution in [0.3, 0.4) is 0 Å². The van der Waals surface area contributed by atoms with E-state index in [2.05, 4.69) is 5.32 Å². The van der Waals surface area contributed by atoms with Crippen LogP contribution in [-0.2, 0) is 23.6 Å². The van der Waals surface area contributed by atoms with E-state index in [0.717, 1.165) is 14.7 Å². The molecule has 0 aliphatic rings. The summed E-state index contributed by atoms with van der Waals surface area (Å²) in [6, 6.07) is 5.91. The van der Waals surface area contributed by atoms with Crippen LogP contribution in [0.2, 0.25) is 0 Å². The Morgan fingerprint density at radius 2 is 1.88 bits per heavy atom. The first-order valence-corrected chi connectivity index (χ1v) is 11.1. The quantitative estimate of drug-likeness (QED) is 0.399. The van der Waals surface area contributed by atoms with E-state index in [0.29, 0.717) is 11.3 Å². The average Bonchev–Trinajstić information content (AvgIpc) is 2.77. The number of Topliss-reactive ketones (excluding diaryl/α,β-unsaturated/α-hetero) is 1. The number of hydrogen-bond donors (Lipinski definition) is 2. The van der Waals surface area contributed by atoms with Crippen LogP contribution in [0.4, 0.5) is 5.82 Å². The third-order valence-electron chi connectivity index (χ3n) is 4.81. The number of esters is 1. The number of ether oxygens (including phenoxy) is 1. The minimum atomic E-state index is -0.983. The van der Waals surface area contributed by atoms with Crippen LogP contribution in [0.5, 0.6) is 0 Å². The number of hydrogen-bond acceptors (Lipinski definition) is 8. The van der Waals surface area contributed by atoms with Crippen molar-refractivity contribution in [3.8, 4) is 0 Å². The molecule has 32 heavy (non-hydrogen) atoms. The Balaban J connectivity index is 2.15. The van der Waals surface area contributed by atoms with Gasteiger partial charge in [-0.3, -0.25) is 23.5 Å². The van der Waals surface area contributed by atoms with Crippen LogP contribution in [0.1, 0.15) is 32.7 Å². The largest absolute Gasteiger partial charge is 0.456 e. The molecule has 2 aromatic rings. The molecule has 1 heterocycles. The van der Waals surface area contributed by atoms with Crippen LogP contribution in [-0.4, -0.2) is 51.5 Å². The molecule has 1 aromatic heterocycles. The number of carbonyl (C=O) groups is 3. The minimum Gasteiger partial charge on any atom is -0.456 e. The number of benzene rings is 1. The lowest BCUT2D eigenvalue weighted by Crippen LogP contribution is -2.44. The summed E-state index contributed by atoms with van der Waals surface area (Å²) in [5, 5.41) is 2.63. The van der Waals surface area contributed by atoms with Gasteiger partial charge in [-0.15, -0.1) is 0 Å². The average molecular weight is 463 g/mol. The third-order valence-corrected chi connectivity index (χ3v) is 5.46. The van der Waals surface area contributed by atoms with Crippen LogP contribution in [0, 0.1) is 6.92 Å². The fourth-order valence-corrected chi connectivity index (χ4v) is 3.42. The van der Waals surface area contributed by atoms with Gasteiger partial charge in [-0.05, 0) is 37.5 Å². The van der Waals surface area contributed by atoms with Crippen molar-refractivity contribution in [1.29, 1.82) is 0 Å². The molecule has 11 heteroatoms. The summed E-state index contributed by atoms with van der Waals surface area (Å²) < 4.78 is 6.80. The standard InChI is InChI=1S/C21H26N4O6S/c1-12-6-5-7-13(10-12)18(27)23-14(8-9-32-4)20(29)31-11-15(26)16-17(22)24(2)21(30)25(3)19(16)28/h5-7,10,14H,8-9,11,22H2,1-4H3,(H,23,27)/t14-/m0/s1. The Kier molecular flexibility index (Phi) is 8.41. The molecule has 0 bridgehead atoms.